The van der Waals surface area contributed by atoms with Crippen LogP contribution in [0.25, 0.3) is 0 Å². The Morgan fingerprint density at radius 2 is 2.05 bits per heavy atom. The predicted octanol–water partition coefficient (Wildman–Crippen LogP) is 2.51. The van der Waals surface area contributed by atoms with E-state index in [2.05, 4.69) is 10.1 Å². The van der Waals surface area contributed by atoms with E-state index in [1.807, 2.05) is 0 Å². The zero-order valence-corrected chi connectivity index (χ0v) is 13.0. The van der Waals surface area contributed by atoms with Gasteiger partial charge in [-0.05, 0) is 13.0 Å². The SMILES string of the molecule is Cc1cc(CN(C)S(=O)(=O)c2cnc(Cl)c(Cl)c2)no1. The second kappa shape index (κ2) is 5.69. The quantitative estimate of drug-likeness (QED) is 0.802. The Morgan fingerprint density at radius 3 is 2.60 bits per heavy atom. The summed E-state index contributed by atoms with van der Waals surface area (Å²) in [6.45, 7) is 1.81. The molecule has 2 aromatic heterocycles. The summed E-state index contributed by atoms with van der Waals surface area (Å²) in [5, 5.41) is 3.89. The molecule has 0 aliphatic heterocycles. The lowest BCUT2D eigenvalue weighted by Crippen LogP contribution is -2.26. The molecule has 2 aromatic rings. The van der Waals surface area contributed by atoms with E-state index < -0.39 is 10.0 Å². The van der Waals surface area contributed by atoms with Crippen molar-refractivity contribution >= 4 is 33.2 Å². The number of sulfonamides is 1. The highest BCUT2D eigenvalue weighted by Crippen LogP contribution is 2.24. The topological polar surface area (TPSA) is 76.3 Å². The van der Waals surface area contributed by atoms with E-state index in [1.54, 1.807) is 13.0 Å². The lowest BCUT2D eigenvalue weighted by Gasteiger charge is -2.15. The van der Waals surface area contributed by atoms with Crippen LogP contribution in [0.5, 0.6) is 0 Å². The van der Waals surface area contributed by atoms with Crippen molar-refractivity contribution in [1.29, 1.82) is 0 Å². The smallest absolute Gasteiger partial charge is 0.244 e. The molecule has 0 radical (unpaired) electrons. The maximum absolute atomic E-state index is 12.3. The van der Waals surface area contributed by atoms with Crippen molar-refractivity contribution in [2.75, 3.05) is 7.05 Å². The molecule has 108 valence electrons. The number of hydrogen-bond donors (Lipinski definition) is 0. The number of aryl methyl sites for hydroxylation is 1. The monoisotopic (exact) mass is 335 g/mol. The van der Waals surface area contributed by atoms with Crippen molar-refractivity contribution < 1.29 is 12.9 Å². The molecule has 0 amide bonds. The summed E-state index contributed by atoms with van der Waals surface area (Å²) in [6, 6.07) is 2.93. The normalized spacial score (nSPS) is 12.1. The molecule has 0 bridgehead atoms. The number of pyridine rings is 1. The van der Waals surface area contributed by atoms with E-state index >= 15 is 0 Å². The van der Waals surface area contributed by atoms with Crippen LogP contribution in [0.15, 0.2) is 27.7 Å². The highest BCUT2D eigenvalue weighted by molar-refractivity contribution is 7.89. The highest BCUT2D eigenvalue weighted by Gasteiger charge is 2.23. The van der Waals surface area contributed by atoms with Crippen LogP contribution in [-0.2, 0) is 16.6 Å². The van der Waals surface area contributed by atoms with Crippen LogP contribution >= 0.6 is 23.2 Å². The van der Waals surface area contributed by atoms with Crippen LogP contribution in [0.4, 0.5) is 0 Å². The maximum atomic E-state index is 12.3. The summed E-state index contributed by atoms with van der Waals surface area (Å²) in [5.74, 6) is 0.613. The van der Waals surface area contributed by atoms with Crippen LogP contribution in [0.3, 0.4) is 0 Å². The largest absolute Gasteiger partial charge is 0.361 e. The molecule has 0 saturated heterocycles. The van der Waals surface area contributed by atoms with E-state index in [4.69, 9.17) is 27.7 Å². The molecule has 2 rings (SSSR count). The minimum Gasteiger partial charge on any atom is -0.361 e. The summed E-state index contributed by atoms with van der Waals surface area (Å²) >= 11 is 11.5. The predicted molar refractivity (Wildman–Crippen MR) is 74.1 cm³/mol. The van der Waals surface area contributed by atoms with Crippen molar-refractivity contribution in [3.8, 4) is 0 Å². The molecule has 0 saturated carbocycles. The van der Waals surface area contributed by atoms with Crippen LogP contribution in [0.2, 0.25) is 10.2 Å². The van der Waals surface area contributed by atoms with Crippen molar-refractivity contribution in [3.63, 3.8) is 0 Å². The van der Waals surface area contributed by atoms with E-state index in [1.165, 1.54) is 13.1 Å². The molecule has 0 aliphatic carbocycles. The zero-order valence-electron chi connectivity index (χ0n) is 10.7. The molecule has 0 aromatic carbocycles. The Bertz CT molecular complexity index is 730. The van der Waals surface area contributed by atoms with Gasteiger partial charge in [-0.2, -0.15) is 4.31 Å². The maximum Gasteiger partial charge on any atom is 0.244 e. The Morgan fingerprint density at radius 1 is 1.35 bits per heavy atom. The second-order valence-corrected chi connectivity index (χ2v) is 6.94. The Labute approximate surface area is 126 Å². The van der Waals surface area contributed by atoms with Crippen molar-refractivity contribution in [2.24, 2.45) is 0 Å². The summed E-state index contributed by atoms with van der Waals surface area (Å²) < 4.78 is 30.7. The Hall–Kier alpha value is -1.15. The third-order valence-electron chi connectivity index (χ3n) is 2.54. The number of hydrogen-bond acceptors (Lipinski definition) is 5. The van der Waals surface area contributed by atoms with Gasteiger partial charge >= 0.3 is 0 Å². The average molecular weight is 336 g/mol. The molecule has 0 spiro atoms. The third-order valence-corrected chi connectivity index (χ3v) is 5.00. The van der Waals surface area contributed by atoms with Gasteiger partial charge in [-0.3, -0.25) is 0 Å². The average Bonchev–Trinajstić information content (AvgIpc) is 2.78. The zero-order chi connectivity index (χ0) is 14.9. The van der Waals surface area contributed by atoms with Gasteiger partial charge in [0.05, 0.1) is 17.3 Å². The minimum atomic E-state index is -3.72. The van der Waals surface area contributed by atoms with E-state index in [9.17, 15) is 8.42 Å². The summed E-state index contributed by atoms with van der Waals surface area (Å²) in [7, 11) is -2.29. The molecule has 20 heavy (non-hydrogen) atoms. The van der Waals surface area contributed by atoms with Gasteiger partial charge in [-0.1, -0.05) is 28.4 Å². The summed E-state index contributed by atoms with van der Waals surface area (Å²) in [4.78, 5) is 3.70. The van der Waals surface area contributed by atoms with Gasteiger partial charge in [0, 0.05) is 19.3 Å². The number of halogens is 2. The van der Waals surface area contributed by atoms with Gasteiger partial charge in [0.15, 0.2) is 0 Å². The second-order valence-electron chi connectivity index (χ2n) is 4.13. The highest BCUT2D eigenvalue weighted by atomic mass is 35.5. The van der Waals surface area contributed by atoms with Crippen LogP contribution in [0, 0.1) is 6.92 Å². The number of nitrogens with zero attached hydrogens (tertiary/aromatic N) is 3. The molecule has 0 aliphatic rings. The number of rotatable bonds is 4. The molecular formula is C11H11Cl2N3O3S. The van der Waals surface area contributed by atoms with Crippen LogP contribution in [0.1, 0.15) is 11.5 Å². The van der Waals surface area contributed by atoms with E-state index in [0.717, 1.165) is 10.5 Å². The van der Waals surface area contributed by atoms with Gasteiger partial charge < -0.3 is 4.52 Å². The third kappa shape index (κ3) is 3.12. The van der Waals surface area contributed by atoms with Crippen molar-refractivity contribution in [1.82, 2.24) is 14.4 Å². The summed E-state index contributed by atoms with van der Waals surface area (Å²) in [5.41, 5.74) is 0.515. The minimum absolute atomic E-state index is 0.0328. The van der Waals surface area contributed by atoms with Crippen LogP contribution in [-0.4, -0.2) is 29.9 Å². The fraction of sp³-hybridized carbons (Fsp3) is 0.273. The molecule has 0 atom stereocenters. The molecule has 6 nitrogen and oxygen atoms in total. The fourth-order valence-electron chi connectivity index (χ4n) is 1.53. The van der Waals surface area contributed by atoms with Gasteiger partial charge in [0.2, 0.25) is 10.0 Å². The molecular weight excluding hydrogens is 325 g/mol. The number of aromatic nitrogens is 2. The Kier molecular flexibility index (Phi) is 4.33. The first-order valence-electron chi connectivity index (χ1n) is 5.50. The lowest BCUT2D eigenvalue weighted by molar-refractivity contribution is 0.378. The first kappa shape index (κ1) is 15.2. The fourth-order valence-corrected chi connectivity index (χ4v) is 2.98. The van der Waals surface area contributed by atoms with Gasteiger partial charge in [0.1, 0.15) is 15.8 Å². The molecule has 0 fully saturated rings. The van der Waals surface area contributed by atoms with E-state index in [0.29, 0.717) is 11.5 Å². The molecule has 0 unspecified atom stereocenters. The Balaban J connectivity index is 2.27. The first-order chi connectivity index (χ1) is 9.30. The van der Waals surface area contributed by atoms with Crippen LogP contribution < -0.4 is 0 Å². The lowest BCUT2D eigenvalue weighted by atomic mass is 10.4. The molecule has 9 heteroatoms. The van der Waals surface area contributed by atoms with Gasteiger partial charge in [-0.15, -0.1) is 0 Å². The van der Waals surface area contributed by atoms with E-state index in [-0.39, 0.29) is 21.6 Å². The molecule has 0 N–H and O–H groups in total. The van der Waals surface area contributed by atoms with Crippen molar-refractivity contribution in [3.05, 3.63) is 40.0 Å². The van der Waals surface area contributed by atoms with Gasteiger partial charge in [0.25, 0.3) is 0 Å². The standard InChI is InChI=1S/C11H11Cl2N3O3S/c1-7-3-8(15-19-7)6-16(2)20(17,18)9-4-10(12)11(13)14-5-9/h3-5H,6H2,1-2H3. The summed E-state index contributed by atoms with van der Waals surface area (Å²) in [6.07, 6.45) is 1.16. The van der Waals surface area contributed by atoms with Crippen molar-refractivity contribution in [2.45, 2.75) is 18.4 Å². The molecule has 2 heterocycles. The van der Waals surface area contributed by atoms with Gasteiger partial charge in [-0.25, -0.2) is 13.4 Å². The first-order valence-corrected chi connectivity index (χ1v) is 7.70.